The van der Waals surface area contributed by atoms with Crippen molar-refractivity contribution in [3.05, 3.63) is 94.0 Å². The summed E-state index contributed by atoms with van der Waals surface area (Å²) in [7, 11) is 1.60. The van der Waals surface area contributed by atoms with Crippen LogP contribution >= 0.6 is 15.9 Å². The first kappa shape index (κ1) is 22.9. The van der Waals surface area contributed by atoms with Gasteiger partial charge >= 0.3 is 0 Å². The highest BCUT2D eigenvalue weighted by Gasteiger charge is 2.25. The summed E-state index contributed by atoms with van der Waals surface area (Å²) in [4.78, 5) is 29.2. The summed E-state index contributed by atoms with van der Waals surface area (Å²) in [5, 5.41) is 0. The van der Waals surface area contributed by atoms with E-state index in [0.29, 0.717) is 49.7 Å². The molecule has 2 amide bonds. The zero-order valence-corrected chi connectivity index (χ0v) is 20.0. The Kier molecular flexibility index (Phi) is 7.29. The second-order valence-corrected chi connectivity index (χ2v) is 8.67. The van der Waals surface area contributed by atoms with Gasteiger partial charge in [-0.05, 0) is 66.2 Å². The summed E-state index contributed by atoms with van der Waals surface area (Å²) in [6, 6.07) is 22.2. The number of carbonyl (C=O) groups is 2. The van der Waals surface area contributed by atoms with Crippen LogP contribution in [0.4, 0.5) is 0 Å². The van der Waals surface area contributed by atoms with Crippen molar-refractivity contribution in [2.45, 2.75) is 6.61 Å². The van der Waals surface area contributed by atoms with Crippen LogP contribution in [0.1, 0.15) is 26.3 Å². The molecule has 1 aliphatic heterocycles. The summed E-state index contributed by atoms with van der Waals surface area (Å²) in [6.45, 7) is 2.47. The Morgan fingerprint density at radius 1 is 0.727 bits per heavy atom. The van der Waals surface area contributed by atoms with Crippen molar-refractivity contribution in [2.24, 2.45) is 0 Å². The number of halogens is 1. The first-order valence-corrected chi connectivity index (χ1v) is 11.5. The molecule has 7 heteroatoms. The third kappa shape index (κ3) is 5.73. The van der Waals surface area contributed by atoms with Crippen LogP contribution in [0.25, 0.3) is 0 Å². The van der Waals surface area contributed by atoms with Crippen LogP contribution in [-0.4, -0.2) is 54.9 Å². The van der Waals surface area contributed by atoms with Crippen LogP contribution in [0, 0.1) is 0 Å². The highest BCUT2D eigenvalue weighted by atomic mass is 79.9. The van der Waals surface area contributed by atoms with E-state index in [1.165, 1.54) is 0 Å². The summed E-state index contributed by atoms with van der Waals surface area (Å²) in [5.41, 5.74) is 2.25. The Hall–Kier alpha value is -3.32. The maximum Gasteiger partial charge on any atom is 0.253 e. The smallest absolute Gasteiger partial charge is 0.253 e. The Labute approximate surface area is 201 Å². The molecule has 4 rings (SSSR count). The number of hydrogen-bond donors (Lipinski definition) is 0. The third-order valence-corrected chi connectivity index (χ3v) is 6.14. The van der Waals surface area contributed by atoms with Crippen LogP contribution < -0.4 is 9.47 Å². The largest absolute Gasteiger partial charge is 0.497 e. The highest BCUT2D eigenvalue weighted by molar-refractivity contribution is 9.10. The lowest BCUT2D eigenvalue weighted by Crippen LogP contribution is -2.50. The van der Waals surface area contributed by atoms with Crippen molar-refractivity contribution in [1.29, 1.82) is 0 Å². The summed E-state index contributed by atoms with van der Waals surface area (Å²) in [5.74, 6) is 1.46. The molecule has 0 saturated carbocycles. The van der Waals surface area contributed by atoms with Gasteiger partial charge in [-0.3, -0.25) is 9.59 Å². The van der Waals surface area contributed by atoms with E-state index in [9.17, 15) is 9.59 Å². The molecule has 0 radical (unpaired) electrons. The van der Waals surface area contributed by atoms with Gasteiger partial charge in [-0.1, -0.05) is 28.1 Å². The number of hydrogen-bond acceptors (Lipinski definition) is 4. The van der Waals surface area contributed by atoms with Gasteiger partial charge in [0.15, 0.2) is 0 Å². The van der Waals surface area contributed by atoms with Gasteiger partial charge in [-0.15, -0.1) is 0 Å². The molecule has 1 saturated heterocycles. The van der Waals surface area contributed by atoms with E-state index in [1.54, 1.807) is 41.2 Å². The van der Waals surface area contributed by atoms with Crippen molar-refractivity contribution >= 4 is 27.7 Å². The Morgan fingerprint density at radius 2 is 1.18 bits per heavy atom. The quantitative estimate of drug-likeness (QED) is 0.486. The van der Waals surface area contributed by atoms with E-state index in [0.717, 1.165) is 15.8 Å². The molecule has 3 aromatic carbocycles. The zero-order valence-electron chi connectivity index (χ0n) is 18.4. The van der Waals surface area contributed by atoms with Gasteiger partial charge in [0.1, 0.15) is 18.1 Å². The highest BCUT2D eigenvalue weighted by Crippen LogP contribution is 2.19. The summed E-state index contributed by atoms with van der Waals surface area (Å²) < 4.78 is 11.9. The normalized spacial score (nSPS) is 13.5. The molecule has 1 aliphatic rings. The lowest BCUT2D eigenvalue weighted by atomic mass is 10.1. The molecular weight excluding hydrogens is 484 g/mol. The van der Waals surface area contributed by atoms with Gasteiger partial charge in [0.05, 0.1) is 7.11 Å². The lowest BCUT2D eigenvalue weighted by Gasteiger charge is -2.35. The minimum Gasteiger partial charge on any atom is -0.497 e. The van der Waals surface area contributed by atoms with Crippen LogP contribution in [0.15, 0.2) is 77.3 Å². The number of piperazine rings is 1. The van der Waals surface area contributed by atoms with Crippen LogP contribution in [-0.2, 0) is 6.61 Å². The van der Waals surface area contributed by atoms with Gasteiger partial charge in [0.25, 0.3) is 11.8 Å². The molecule has 0 spiro atoms. The molecule has 0 atom stereocenters. The molecule has 0 unspecified atom stereocenters. The molecular formula is C26H25BrN2O4. The fourth-order valence-electron chi connectivity index (χ4n) is 3.65. The van der Waals surface area contributed by atoms with Gasteiger partial charge in [-0.25, -0.2) is 0 Å². The van der Waals surface area contributed by atoms with E-state index in [-0.39, 0.29) is 11.8 Å². The maximum absolute atomic E-state index is 12.9. The molecule has 0 N–H and O–H groups in total. The minimum absolute atomic E-state index is 0.0214. The first-order valence-electron chi connectivity index (χ1n) is 10.7. The Balaban J connectivity index is 1.29. The fourth-order valence-corrected chi connectivity index (χ4v) is 3.92. The number of methoxy groups -OCH3 is 1. The third-order valence-electron chi connectivity index (χ3n) is 5.61. The number of benzene rings is 3. The van der Waals surface area contributed by atoms with Crippen LogP contribution in [0.5, 0.6) is 11.5 Å². The predicted molar refractivity (Wildman–Crippen MR) is 130 cm³/mol. The molecule has 0 aliphatic carbocycles. The van der Waals surface area contributed by atoms with E-state index in [1.807, 2.05) is 48.5 Å². The van der Waals surface area contributed by atoms with E-state index in [2.05, 4.69) is 15.9 Å². The molecule has 1 fully saturated rings. The number of nitrogens with zero attached hydrogens (tertiary/aromatic N) is 2. The second kappa shape index (κ2) is 10.5. The predicted octanol–water partition coefficient (Wildman–Crippen LogP) is 4.63. The van der Waals surface area contributed by atoms with Crippen molar-refractivity contribution < 1.29 is 19.1 Å². The molecule has 1 heterocycles. The van der Waals surface area contributed by atoms with Crippen molar-refractivity contribution in [1.82, 2.24) is 9.80 Å². The standard InChI is InChI=1S/C26H25BrN2O4/c1-32-23-10-6-21(7-11-23)26(31)29-16-14-28(15-17-29)25(30)20-4-2-19(3-5-20)18-33-24-12-8-22(27)9-13-24/h2-13H,14-18H2,1H3. The van der Waals surface area contributed by atoms with Crippen molar-refractivity contribution in [3.8, 4) is 11.5 Å². The van der Waals surface area contributed by atoms with Crippen molar-refractivity contribution in [2.75, 3.05) is 33.3 Å². The monoisotopic (exact) mass is 508 g/mol. The van der Waals surface area contributed by atoms with Gasteiger partial charge in [0.2, 0.25) is 0 Å². The molecule has 33 heavy (non-hydrogen) atoms. The van der Waals surface area contributed by atoms with Gasteiger partial charge in [-0.2, -0.15) is 0 Å². The topological polar surface area (TPSA) is 59.1 Å². The lowest BCUT2D eigenvalue weighted by molar-refractivity contribution is 0.0535. The average Bonchev–Trinajstić information content (AvgIpc) is 2.88. The average molecular weight is 509 g/mol. The van der Waals surface area contributed by atoms with Crippen LogP contribution in [0.2, 0.25) is 0 Å². The SMILES string of the molecule is COc1ccc(C(=O)N2CCN(C(=O)c3ccc(COc4ccc(Br)cc4)cc3)CC2)cc1. The number of amides is 2. The molecule has 0 bridgehead atoms. The van der Waals surface area contributed by atoms with E-state index < -0.39 is 0 Å². The minimum atomic E-state index is -0.0279. The first-order chi connectivity index (χ1) is 16.0. The Morgan fingerprint density at radius 3 is 1.67 bits per heavy atom. The van der Waals surface area contributed by atoms with Crippen molar-refractivity contribution in [3.63, 3.8) is 0 Å². The van der Waals surface area contributed by atoms with E-state index >= 15 is 0 Å². The molecule has 3 aromatic rings. The number of rotatable bonds is 6. The van der Waals surface area contributed by atoms with Crippen LogP contribution in [0.3, 0.4) is 0 Å². The second-order valence-electron chi connectivity index (χ2n) is 7.75. The molecule has 6 nitrogen and oxygen atoms in total. The molecule has 170 valence electrons. The maximum atomic E-state index is 12.9. The number of ether oxygens (including phenoxy) is 2. The zero-order chi connectivity index (χ0) is 23.2. The summed E-state index contributed by atoms with van der Waals surface area (Å²) >= 11 is 3.41. The molecule has 0 aromatic heterocycles. The van der Waals surface area contributed by atoms with E-state index in [4.69, 9.17) is 9.47 Å². The summed E-state index contributed by atoms with van der Waals surface area (Å²) in [6.07, 6.45) is 0. The van der Waals surface area contributed by atoms with Gasteiger partial charge < -0.3 is 19.3 Å². The Bertz CT molecular complexity index is 1090. The van der Waals surface area contributed by atoms with Gasteiger partial charge in [0, 0.05) is 41.8 Å². The fraction of sp³-hybridized carbons (Fsp3) is 0.231. The number of carbonyl (C=O) groups excluding carboxylic acids is 2.